The molecule has 0 radical (unpaired) electrons. The second kappa shape index (κ2) is 12.8. The van der Waals surface area contributed by atoms with Gasteiger partial charge in [-0.2, -0.15) is 0 Å². The van der Waals surface area contributed by atoms with Crippen molar-refractivity contribution in [1.29, 1.82) is 0 Å². The summed E-state index contributed by atoms with van der Waals surface area (Å²) in [5.74, 6) is -0.985. The molecule has 0 aliphatic rings. The topological polar surface area (TPSA) is 84.9 Å². The number of benzene rings is 4. The minimum Gasteiger partial charge on any atom is -0.493 e. The zero-order chi connectivity index (χ0) is 28.5. The minimum absolute atomic E-state index is 0.163. The van der Waals surface area contributed by atoms with Gasteiger partial charge in [-0.05, 0) is 47.5 Å². The van der Waals surface area contributed by atoms with Crippen LogP contribution < -0.4 is 14.8 Å². The van der Waals surface area contributed by atoms with Crippen molar-refractivity contribution in [2.75, 3.05) is 11.9 Å². The molecule has 0 spiro atoms. The first-order valence-corrected chi connectivity index (χ1v) is 12.4. The Morgan fingerprint density at radius 3 is 2.02 bits per heavy atom. The van der Waals surface area contributed by atoms with Crippen LogP contribution in [0, 0.1) is 0 Å². The molecule has 0 saturated heterocycles. The van der Waals surface area contributed by atoms with Crippen LogP contribution in [0.15, 0.2) is 103 Å². The normalized spacial score (nSPS) is 11.9. The molecule has 0 fully saturated rings. The van der Waals surface area contributed by atoms with Crippen molar-refractivity contribution in [2.24, 2.45) is 0 Å². The third-order valence-electron chi connectivity index (χ3n) is 6.02. The van der Waals surface area contributed by atoms with E-state index in [1.54, 1.807) is 72.8 Å². The Kier molecular flexibility index (Phi) is 9.06. The van der Waals surface area contributed by atoms with E-state index in [2.05, 4.69) is 10.1 Å². The third kappa shape index (κ3) is 8.10. The van der Waals surface area contributed by atoms with Crippen molar-refractivity contribution < 1.29 is 37.3 Å². The highest BCUT2D eigenvalue weighted by molar-refractivity contribution is 6.12. The molecule has 0 bridgehead atoms. The van der Waals surface area contributed by atoms with Crippen LogP contribution in [0.5, 0.6) is 11.5 Å². The minimum atomic E-state index is -4.73. The van der Waals surface area contributed by atoms with Crippen molar-refractivity contribution in [3.63, 3.8) is 0 Å². The quantitative estimate of drug-likeness (QED) is 0.195. The van der Waals surface area contributed by atoms with Crippen LogP contribution in [0.25, 0.3) is 0 Å². The molecule has 9 heteroatoms. The Bertz CT molecular complexity index is 1420. The molecule has 206 valence electrons. The lowest BCUT2D eigenvalue weighted by Crippen LogP contribution is -2.32. The summed E-state index contributed by atoms with van der Waals surface area (Å²) < 4.78 is 46.4. The first-order valence-electron chi connectivity index (χ1n) is 12.4. The molecular formula is C31H26F3NO5. The van der Waals surface area contributed by atoms with Gasteiger partial charge in [-0.1, -0.05) is 66.7 Å². The number of para-hydroxylation sites is 1. The summed E-state index contributed by atoms with van der Waals surface area (Å²) in [6.45, 7) is 0.296. The number of carbonyl (C=O) groups excluding carboxylic acids is 1. The van der Waals surface area contributed by atoms with E-state index in [4.69, 9.17) is 4.74 Å². The Morgan fingerprint density at radius 2 is 1.38 bits per heavy atom. The van der Waals surface area contributed by atoms with Gasteiger partial charge in [-0.25, -0.2) is 4.79 Å². The van der Waals surface area contributed by atoms with E-state index in [0.29, 0.717) is 35.6 Å². The van der Waals surface area contributed by atoms with Gasteiger partial charge in [0.1, 0.15) is 17.5 Å². The lowest BCUT2D eigenvalue weighted by molar-refractivity contribution is -0.274. The molecule has 0 saturated carbocycles. The maximum absolute atomic E-state index is 13.0. The average Bonchev–Trinajstić information content (AvgIpc) is 2.94. The predicted molar refractivity (Wildman–Crippen MR) is 144 cm³/mol. The molecule has 2 N–H and O–H groups in total. The number of hydrogen-bond acceptors (Lipinski definition) is 5. The number of carboxylic acids is 1. The van der Waals surface area contributed by atoms with Gasteiger partial charge in [0.25, 0.3) is 0 Å². The summed E-state index contributed by atoms with van der Waals surface area (Å²) in [6.07, 6.45) is -4.10. The Balaban J connectivity index is 1.34. The molecule has 1 atom stereocenters. The molecule has 4 aromatic carbocycles. The fourth-order valence-corrected chi connectivity index (χ4v) is 4.04. The maximum atomic E-state index is 13.0. The molecule has 0 aromatic heterocycles. The van der Waals surface area contributed by atoms with E-state index in [1.165, 1.54) is 24.3 Å². The number of ether oxygens (including phenoxy) is 2. The standard InChI is InChI=1S/C31H26F3NO5/c32-31(33,34)40-25-16-10-21(11-17-25)18-19-39-24-14-12-22(13-15-24)20-28(30(37)38)35-27-9-5-4-8-26(27)29(36)23-6-2-1-3-7-23/h1-17,28,35H,18-20H2,(H,37,38). The molecule has 4 aromatic rings. The van der Waals surface area contributed by atoms with Crippen LogP contribution in [0.1, 0.15) is 27.0 Å². The maximum Gasteiger partial charge on any atom is 0.573 e. The molecule has 0 amide bonds. The Labute approximate surface area is 229 Å². The molecule has 40 heavy (non-hydrogen) atoms. The number of carboxylic acid groups (broad SMARTS) is 1. The largest absolute Gasteiger partial charge is 0.573 e. The first-order chi connectivity index (χ1) is 19.2. The highest BCUT2D eigenvalue weighted by Gasteiger charge is 2.31. The molecule has 0 aliphatic heterocycles. The van der Waals surface area contributed by atoms with Crippen LogP contribution >= 0.6 is 0 Å². The lowest BCUT2D eigenvalue weighted by atomic mass is 10.00. The van der Waals surface area contributed by atoms with Crippen LogP contribution in [0.2, 0.25) is 0 Å². The van der Waals surface area contributed by atoms with Crippen LogP contribution in [0.3, 0.4) is 0 Å². The molecule has 4 rings (SSSR count). The van der Waals surface area contributed by atoms with Crippen LogP contribution in [-0.4, -0.2) is 35.9 Å². The summed E-state index contributed by atoms with van der Waals surface area (Å²) in [5, 5.41) is 12.9. The number of aliphatic carboxylic acids is 1. The number of ketones is 1. The van der Waals surface area contributed by atoms with E-state index < -0.39 is 18.4 Å². The van der Waals surface area contributed by atoms with Crippen molar-refractivity contribution in [3.05, 3.63) is 125 Å². The van der Waals surface area contributed by atoms with Gasteiger partial charge in [-0.15, -0.1) is 13.2 Å². The molecule has 0 heterocycles. The molecule has 6 nitrogen and oxygen atoms in total. The van der Waals surface area contributed by atoms with Gasteiger partial charge in [-0.3, -0.25) is 4.79 Å². The van der Waals surface area contributed by atoms with Gasteiger partial charge >= 0.3 is 12.3 Å². The van der Waals surface area contributed by atoms with Gasteiger partial charge in [0, 0.05) is 29.7 Å². The highest BCUT2D eigenvalue weighted by Crippen LogP contribution is 2.24. The van der Waals surface area contributed by atoms with Gasteiger partial charge in [0.15, 0.2) is 5.78 Å². The number of hydrogen-bond donors (Lipinski definition) is 2. The number of anilines is 1. The van der Waals surface area contributed by atoms with Gasteiger partial charge in [0.05, 0.1) is 6.61 Å². The average molecular weight is 550 g/mol. The number of carbonyl (C=O) groups is 2. The smallest absolute Gasteiger partial charge is 0.493 e. The molecular weight excluding hydrogens is 523 g/mol. The van der Waals surface area contributed by atoms with Gasteiger partial charge < -0.3 is 19.9 Å². The summed E-state index contributed by atoms with van der Waals surface area (Å²) in [5.41, 5.74) is 2.85. The van der Waals surface area contributed by atoms with E-state index in [9.17, 15) is 27.9 Å². The predicted octanol–water partition coefficient (Wildman–Crippen LogP) is 6.55. The second-order valence-electron chi connectivity index (χ2n) is 8.91. The number of halogens is 3. The summed E-state index contributed by atoms with van der Waals surface area (Å²) in [7, 11) is 0. The number of rotatable bonds is 12. The van der Waals surface area contributed by atoms with E-state index in [-0.39, 0.29) is 18.0 Å². The SMILES string of the molecule is O=C(c1ccccc1)c1ccccc1NC(Cc1ccc(OCCc2ccc(OC(F)(F)F)cc2)cc1)C(=O)O. The third-order valence-corrected chi connectivity index (χ3v) is 6.02. The van der Waals surface area contributed by atoms with Crippen LogP contribution in [-0.2, 0) is 17.6 Å². The lowest BCUT2D eigenvalue weighted by Gasteiger charge is -2.18. The summed E-state index contributed by atoms with van der Waals surface area (Å²) in [4.78, 5) is 25.1. The first kappa shape index (κ1) is 28.2. The van der Waals surface area contributed by atoms with Crippen LogP contribution in [0.4, 0.5) is 18.9 Å². The second-order valence-corrected chi connectivity index (χ2v) is 8.91. The molecule has 0 aliphatic carbocycles. The summed E-state index contributed by atoms with van der Waals surface area (Å²) >= 11 is 0. The monoisotopic (exact) mass is 549 g/mol. The van der Waals surface area contributed by atoms with E-state index >= 15 is 0 Å². The number of alkyl halides is 3. The van der Waals surface area contributed by atoms with E-state index in [1.807, 2.05) is 6.07 Å². The number of nitrogens with one attached hydrogen (secondary N) is 1. The van der Waals surface area contributed by atoms with E-state index in [0.717, 1.165) is 11.1 Å². The van der Waals surface area contributed by atoms with Crippen molar-refractivity contribution in [3.8, 4) is 11.5 Å². The van der Waals surface area contributed by atoms with Crippen molar-refractivity contribution in [1.82, 2.24) is 0 Å². The zero-order valence-electron chi connectivity index (χ0n) is 21.2. The highest BCUT2D eigenvalue weighted by atomic mass is 19.4. The zero-order valence-corrected chi connectivity index (χ0v) is 21.2. The Hall–Kier alpha value is -4.79. The fourth-order valence-electron chi connectivity index (χ4n) is 4.04. The molecule has 1 unspecified atom stereocenters. The van der Waals surface area contributed by atoms with Crippen molar-refractivity contribution in [2.45, 2.75) is 25.2 Å². The van der Waals surface area contributed by atoms with Gasteiger partial charge in [0.2, 0.25) is 0 Å². The van der Waals surface area contributed by atoms with Crippen molar-refractivity contribution >= 4 is 17.4 Å². The summed E-state index contributed by atoms with van der Waals surface area (Å²) in [6, 6.07) is 27.1. The Morgan fingerprint density at radius 1 is 0.775 bits per heavy atom. The fraction of sp³-hybridized carbons (Fsp3) is 0.161.